The summed E-state index contributed by atoms with van der Waals surface area (Å²) in [5.41, 5.74) is 3.87. The Labute approximate surface area is 89.6 Å². The highest BCUT2D eigenvalue weighted by atomic mass is 19.1. The summed E-state index contributed by atoms with van der Waals surface area (Å²) >= 11 is 0. The second-order valence-electron chi connectivity index (χ2n) is 3.18. The van der Waals surface area contributed by atoms with Crippen LogP contribution in [-0.4, -0.2) is 16.6 Å². The molecule has 0 bridgehead atoms. The number of nitro groups is 1. The predicted octanol–water partition coefficient (Wildman–Crippen LogP) is 1.26. The Hall–Kier alpha value is -1.60. The maximum atomic E-state index is 13.3. The molecule has 0 aliphatic rings. The molecule has 16 heavy (non-hydrogen) atoms. The molecule has 0 radical (unpaired) electrons. The minimum Gasteiger partial charge on any atom is -0.388 e. The molecular formula is C9H10F2N2O3. The van der Waals surface area contributed by atoms with Crippen molar-refractivity contribution in [2.24, 2.45) is 5.73 Å². The summed E-state index contributed by atoms with van der Waals surface area (Å²) in [4.78, 5) is 9.27. The highest BCUT2D eigenvalue weighted by molar-refractivity contribution is 5.37. The molecule has 1 atom stereocenters. The van der Waals surface area contributed by atoms with E-state index in [4.69, 9.17) is 5.73 Å². The number of aliphatic hydroxyl groups excluding tert-OH is 1. The van der Waals surface area contributed by atoms with Crippen molar-refractivity contribution in [3.05, 3.63) is 39.4 Å². The minimum atomic E-state index is -1.26. The first kappa shape index (κ1) is 12.5. The van der Waals surface area contributed by atoms with Gasteiger partial charge in [0.15, 0.2) is 0 Å². The van der Waals surface area contributed by atoms with Crippen LogP contribution in [0.3, 0.4) is 0 Å². The highest BCUT2D eigenvalue weighted by Gasteiger charge is 2.21. The van der Waals surface area contributed by atoms with E-state index in [0.717, 1.165) is 0 Å². The van der Waals surface area contributed by atoms with Crippen LogP contribution < -0.4 is 5.73 Å². The van der Waals surface area contributed by atoms with E-state index in [-0.39, 0.29) is 18.5 Å². The summed E-state index contributed by atoms with van der Waals surface area (Å²) in [6, 6.07) is 1.07. The van der Waals surface area contributed by atoms with Crippen LogP contribution in [0.25, 0.3) is 0 Å². The molecule has 0 heterocycles. The van der Waals surface area contributed by atoms with Crippen LogP contribution in [-0.2, 0) is 0 Å². The van der Waals surface area contributed by atoms with Gasteiger partial charge in [-0.2, -0.15) is 4.39 Å². The number of halogens is 2. The zero-order valence-corrected chi connectivity index (χ0v) is 8.19. The topological polar surface area (TPSA) is 89.4 Å². The van der Waals surface area contributed by atoms with Crippen molar-refractivity contribution >= 4 is 5.69 Å². The first-order valence-corrected chi connectivity index (χ1v) is 4.48. The molecule has 3 N–H and O–H groups in total. The molecular weight excluding hydrogens is 222 g/mol. The summed E-state index contributed by atoms with van der Waals surface area (Å²) in [6.07, 6.45) is -1.21. The van der Waals surface area contributed by atoms with Crippen molar-refractivity contribution in [1.82, 2.24) is 0 Å². The quantitative estimate of drug-likeness (QED) is 0.604. The Balaban J connectivity index is 3.15. The van der Waals surface area contributed by atoms with Gasteiger partial charge in [-0.15, -0.1) is 0 Å². The van der Waals surface area contributed by atoms with Crippen molar-refractivity contribution in [2.45, 2.75) is 12.5 Å². The average Bonchev–Trinajstić information content (AvgIpc) is 2.20. The van der Waals surface area contributed by atoms with Gasteiger partial charge >= 0.3 is 5.69 Å². The maximum absolute atomic E-state index is 13.3. The van der Waals surface area contributed by atoms with Gasteiger partial charge in [0, 0.05) is 5.56 Å². The van der Waals surface area contributed by atoms with E-state index in [1.165, 1.54) is 0 Å². The second kappa shape index (κ2) is 4.95. The molecule has 0 saturated heterocycles. The maximum Gasteiger partial charge on any atom is 0.307 e. The number of nitro benzene ring substituents is 1. The lowest BCUT2D eigenvalue weighted by Gasteiger charge is -2.10. The SMILES string of the molecule is NCC[C@@H](O)c1cc(F)c([N+](=O)[O-])cc1F. The van der Waals surface area contributed by atoms with E-state index in [1.807, 2.05) is 0 Å². The van der Waals surface area contributed by atoms with E-state index in [0.29, 0.717) is 12.1 Å². The Morgan fingerprint density at radius 2 is 2.06 bits per heavy atom. The Bertz CT molecular complexity index is 412. The number of benzene rings is 1. The second-order valence-corrected chi connectivity index (χ2v) is 3.18. The van der Waals surface area contributed by atoms with Crippen molar-refractivity contribution in [2.75, 3.05) is 6.54 Å². The van der Waals surface area contributed by atoms with Crippen LogP contribution in [0.4, 0.5) is 14.5 Å². The fraction of sp³-hybridized carbons (Fsp3) is 0.333. The normalized spacial score (nSPS) is 12.5. The summed E-state index contributed by atoms with van der Waals surface area (Å²) < 4.78 is 26.4. The Morgan fingerprint density at radius 3 is 2.56 bits per heavy atom. The van der Waals surface area contributed by atoms with Crippen LogP contribution >= 0.6 is 0 Å². The van der Waals surface area contributed by atoms with Gasteiger partial charge in [0.1, 0.15) is 5.82 Å². The lowest BCUT2D eigenvalue weighted by molar-refractivity contribution is -0.387. The monoisotopic (exact) mass is 232 g/mol. The van der Waals surface area contributed by atoms with Gasteiger partial charge in [-0.1, -0.05) is 0 Å². The van der Waals surface area contributed by atoms with E-state index < -0.39 is 28.3 Å². The molecule has 1 rings (SSSR count). The third kappa shape index (κ3) is 2.50. The van der Waals surface area contributed by atoms with Crippen LogP contribution in [0.2, 0.25) is 0 Å². The van der Waals surface area contributed by atoms with E-state index in [9.17, 15) is 24.0 Å². The van der Waals surface area contributed by atoms with Crippen LogP contribution in [0.1, 0.15) is 18.1 Å². The molecule has 0 spiro atoms. The molecule has 0 aliphatic heterocycles. The Kier molecular flexibility index (Phi) is 3.86. The lowest BCUT2D eigenvalue weighted by atomic mass is 10.1. The van der Waals surface area contributed by atoms with Gasteiger partial charge in [0.2, 0.25) is 5.82 Å². The third-order valence-corrected chi connectivity index (χ3v) is 2.06. The van der Waals surface area contributed by atoms with Crippen molar-refractivity contribution in [3.63, 3.8) is 0 Å². The smallest absolute Gasteiger partial charge is 0.307 e. The number of aliphatic hydroxyl groups is 1. The van der Waals surface area contributed by atoms with Gasteiger partial charge in [-0.05, 0) is 19.0 Å². The standard InChI is InChI=1S/C9H10F2N2O3/c10-6-4-8(13(15)16)7(11)3-5(6)9(14)1-2-12/h3-4,9,14H,1-2,12H2/t9-/m1/s1. The fourth-order valence-electron chi connectivity index (χ4n) is 1.26. The molecule has 0 aliphatic carbocycles. The van der Waals surface area contributed by atoms with Crippen molar-refractivity contribution < 1.29 is 18.8 Å². The molecule has 7 heteroatoms. The minimum absolute atomic E-state index is 0.0498. The molecule has 5 nitrogen and oxygen atoms in total. The lowest BCUT2D eigenvalue weighted by Crippen LogP contribution is -2.09. The number of rotatable bonds is 4. The predicted molar refractivity (Wildman–Crippen MR) is 51.6 cm³/mol. The summed E-state index contributed by atoms with van der Waals surface area (Å²) in [6.45, 7) is 0.0964. The average molecular weight is 232 g/mol. The van der Waals surface area contributed by atoms with Gasteiger partial charge < -0.3 is 10.8 Å². The largest absolute Gasteiger partial charge is 0.388 e. The van der Waals surface area contributed by atoms with Crippen molar-refractivity contribution in [1.29, 1.82) is 0 Å². The molecule has 0 unspecified atom stereocenters. The summed E-state index contributed by atoms with van der Waals surface area (Å²) in [5, 5.41) is 19.7. The molecule has 0 saturated carbocycles. The fourth-order valence-corrected chi connectivity index (χ4v) is 1.26. The van der Waals surface area contributed by atoms with Crippen LogP contribution in [0.5, 0.6) is 0 Å². The molecule has 0 aromatic heterocycles. The first-order valence-electron chi connectivity index (χ1n) is 4.48. The van der Waals surface area contributed by atoms with E-state index in [2.05, 4.69) is 0 Å². The van der Waals surface area contributed by atoms with Gasteiger partial charge in [0.25, 0.3) is 0 Å². The van der Waals surface area contributed by atoms with Gasteiger partial charge in [-0.3, -0.25) is 10.1 Å². The summed E-state index contributed by atoms with van der Waals surface area (Å²) in [5.74, 6) is -2.20. The zero-order chi connectivity index (χ0) is 12.3. The molecule has 88 valence electrons. The molecule has 1 aromatic rings. The van der Waals surface area contributed by atoms with Gasteiger partial charge in [-0.25, -0.2) is 4.39 Å². The third-order valence-electron chi connectivity index (χ3n) is 2.06. The number of nitrogens with zero attached hydrogens (tertiary/aromatic N) is 1. The summed E-state index contributed by atoms with van der Waals surface area (Å²) in [7, 11) is 0. The van der Waals surface area contributed by atoms with Crippen LogP contribution in [0, 0.1) is 21.7 Å². The van der Waals surface area contributed by atoms with E-state index in [1.54, 1.807) is 0 Å². The van der Waals surface area contributed by atoms with Crippen LogP contribution in [0.15, 0.2) is 12.1 Å². The molecule has 1 aromatic carbocycles. The number of nitrogens with two attached hydrogens (primary N) is 1. The highest BCUT2D eigenvalue weighted by Crippen LogP contribution is 2.26. The molecule has 0 amide bonds. The Morgan fingerprint density at radius 1 is 1.44 bits per heavy atom. The number of hydrogen-bond acceptors (Lipinski definition) is 4. The molecule has 0 fully saturated rings. The zero-order valence-electron chi connectivity index (χ0n) is 8.19. The van der Waals surface area contributed by atoms with Crippen molar-refractivity contribution in [3.8, 4) is 0 Å². The van der Waals surface area contributed by atoms with Gasteiger partial charge in [0.05, 0.1) is 17.1 Å². The van der Waals surface area contributed by atoms with E-state index >= 15 is 0 Å². The first-order chi connectivity index (χ1) is 7.47. The number of hydrogen-bond donors (Lipinski definition) is 2.